The molecule has 2 rings (SSSR count). The summed E-state index contributed by atoms with van der Waals surface area (Å²) in [7, 11) is 0. The van der Waals surface area contributed by atoms with E-state index in [4.69, 9.17) is 0 Å². The summed E-state index contributed by atoms with van der Waals surface area (Å²) in [6.07, 6.45) is 9.87. The number of rotatable bonds is 0. The van der Waals surface area contributed by atoms with E-state index in [1.807, 2.05) is 0 Å². The van der Waals surface area contributed by atoms with Crippen molar-refractivity contribution in [2.45, 2.75) is 19.8 Å². The van der Waals surface area contributed by atoms with Gasteiger partial charge >= 0.3 is 0 Å². The van der Waals surface area contributed by atoms with Crippen LogP contribution in [0, 0.1) is 11.8 Å². The zero-order valence-electron chi connectivity index (χ0n) is 5.80. The molecule has 1 saturated carbocycles. The van der Waals surface area contributed by atoms with Crippen molar-refractivity contribution in [1.82, 2.24) is 0 Å². The molecule has 0 aromatic rings. The summed E-state index contributed by atoms with van der Waals surface area (Å²) < 4.78 is 0. The monoisotopic (exact) mass is 120 g/mol. The van der Waals surface area contributed by atoms with Gasteiger partial charge in [-0.05, 0) is 31.6 Å². The van der Waals surface area contributed by atoms with E-state index in [2.05, 4.69) is 25.2 Å². The van der Waals surface area contributed by atoms with Crippen LogP contribution in [-0.4, -0.2) is 0 Å². The van der Waals surface area contributed by atoms with Crippen molar-refractivity contribution >= 4 is 0 Å². The van der Waals surface area contributed by atoms with Crippen molar-refractivity contribution in [2.24, 2.45) is 11.8 Å². The van der Waals surface area contributed by atoms with Crippen LogP contribution in [0.2, 0.25) is 0 Å². The maximum atomic E-state index is 2.41. The van der Waals surface area contributed by atoms with Crippen molar-refractivity contribution in [3.63, 3.8) is 0 Å². The van der Waals surface area contributed by atoms with Gasteiger partial charge in [0.05, 0.1) is 0 Å². The lowest BCUT2D eigenvalue weighted by Gasteiger charge is -2.34. The number of hydrogen-bond donors (Lipinski definition) is 0. The highest BCUT2D eigenvalue weighted by Crippen LogP contribution is 2.39. The Kier molecular flexibility index (Phi) is 1.01. The third kappa shape index (κ3) is 0.735. The summed E-state index contributed by atoms with van der Waals surface area (Å²) in [5, 5.41) is 0. The van der Waals surface area contributed by atoms with Gasteiger partial charge in [-0.15, -0.1) is 0 Å². The minimum atomic E-state index is 0.911. The Bertz CT molecular complexity index is 174. The first-order chi connectivity index (χ1) is 4.36. The van der Waals surface area contributed by atoms with Gasteiger partial charge in [0.1, 0.15) is 0 Å². The highest BCUT2D eigenvalue weighted by Gasteiger charge is 2.27. The van der Waals surface area contributed by atoms with Gasteiger partial charge in [-0.2, -0.15) is 0 Å². The van der Waals surface area contributed by atoms with Gasteiger partial charge < -0.3 is 0 Å². The van der Waals surface area contributed by atoms with E-state index in [0.29, 0.717) is 0 Å². The zero-order valence-corrected chi connectivity index (χ0v) is 5.80. The second-order valence-electron chi connectivity index (χ2n) is 3.17. The Hall–Kier alpha value is -0.520. The topological polar surface area (TPSA) is 0 Å². The third-order valence-corrected chi connectivity index (χ3v) is 2.47. The Labute approximate surface area is 56.3 Å². The lowest BCUT2D eigenvalue weighted by atomic mass is 9.70. The molecule has 0 heterocycles. The Balaban J connectivity index is 2.19. The normalized spacial score (nSPS) is 39.0. The van der Waals surface area contributed by atoms with E-state index in [0.717, 1.165) is 11.8 Å². The first kappa shape index (κ1) is 5.28. The van der Waals surface area contributed by atoms with Crippen LogP contribution in [0.25, 0.3) is 0 Å². The van der Waals surface area contributed by atoms with Crippen LogP contribution < -0.4 is 0 Å². The van der Waals surface area contributed by atoms with Gasteiger partial charge in [-0.25, -0.2) is 0 Å². The summed E-state index contributed by atoms with van der Waals surface area (Å²) in [6.45, 7) is 2.19. The van der Waals surface area contributed by atoms with E-state index < -0.39 is 0 Å². The van der Waals surface area contributed by atoms with Crippen LogP contribution in [-0.2, 0) is 0 Å². The van der Waals surface area contributed by atoms with Crippen LogP contribution in [0.5, 0.6) is 0 Å². The van der Waals surface area contributed by atoms with E-state index >= 15 is 0 Å². The Morgan fingerprint density at radius 2 is 2.11 bits per heavy atom. The molecule has 2 atom stereocenters. The van der Waals surface area contributed by atoms with Crippen molar-refractivity contribution in [3.05, 3.63) is 23.8 Å². The molecule has 0 aromatic heterocycles. The van der Waals surface area contributed by atoms with E-state index in [1.54, 1.807) is 0 Å². The van der Waals surface area contributed by atoms with Crippen molar-refractivity contribution in [1.29, 1.82) is 0 Å². The largest absolute Gasteiger partial charge is 0.0806 e. The summed E-state index contributed by atoms with van der Waals surface area (Å²) in [5.41, 5.74) is 1.45. The van der Waals surface area contributed by atoms with Gasteiger partial charge in [0, 0.05) is 0 Å². The Morgan fingerprint density at radius 3 is 2.56 bits per heavy atom. The molecule has 0 heteroatoms. The molecule has 9 heavy (non-hydrogen) atoms. The van der Waals surface area contributed by atoms with Gasteiger partial charge in [-0.1, -0.05) is 23.8 Å². The molecule has 0 aromatic carbocycles. The fourth-order valence-corrected chi connectivity index (χ4v) is 1.67. The minimum absolute atomic E-state index is 0.911. The fourth-order valence-electron chi connectivity index (χ4n) is 1.67. The van der Waals surface area contributed by atoms with Crippen molar-refractivity contribution in [2.75, 3.05) is 0 Å². The predicted octanol–water partition coefficient (Wildman–Crippen LogP) is 2.53. The number of allylic oxidation sites excluding steroid dienone is 4. The van der Waals surface area contributed by atoms with Crippen molar-refractivity contribution in [3.8, 4) is 0 Å². The first-order valence-corrected chi connectivity index (χ1v) is 3.73. The third-order valence-electron chi connectivity index (χ3n) is 2.47. The number of fused-ring (bicyclic) bond motifs is 1. The molecular weight excluding hydrogens is 108 g/mol. The van der Waals surface area contributed by atoms with E-state index in [-0.39, 0.29) is 0 Å². The standard InChI is InChI=1S/C9H12/c1-7-2-3-8-4-5-9(8)6-7/h2-3,6,8-9H,4-5H2,1H3/t8-,9?/m0/s1. The zero-order chi connectivity index (χ0) is 6.27. The molecule has 0 radical (unpaired) electrons. The van der Waals surface area contributed by atoms with Crippen LogP contribution in [0.15, 0.2) is 23.8 Å². The lowest BCUT2D eigenvalue weighted by molar-refractivity contribution is 0.281. The number of hydrogen-bond acceptors (Lipinski definition) is 0. The summed E-state index contributed by atoms with van der Waals surface area (Å²) in [5.74, 6) is 1.82. The summed E-state index contributed by atoms with van der Waals surface area (Å²) in [6, 6.07) is 0. The molecule has 0 nitrogen and oxygen atoms in total. The van der Waals surface area contributed by atoms with Crippen molar-refractivity contribution < 1.29 is 0 Å². The molecular formula is C9H12. The SMILES string of the molecule is CC1=CC2CC[C@@H]2C=C1. The molecule has 48 valence electrons. The van der Waals surface area contributed by atoms with E-state index in [9.17, 15) is 0 Å². The lowest BCUT2D eigenvalue weighted by Crippen LogP contribution is -2.23. The van der Waals surface area contributed by atoms with E-state index in [1.165, 1.54) is 18.4 Å². The molecule has 1 unspecified atom stereocenters. The van der Waals surface area contributed by atoms with Crippen LogP contribution >= 0.6 is 0 Å². The first-order valence-electron chi connectivity index (χ1n) is 3.73. The van der Waals surface area contributed by atoms with Gasteiger partial charge in [0.2, 0.25) is 0 Å². The molecule has 2 aliphatic carbocycles. The van der Waals surface area contributed by atoms with Crippen LogP contribution in [0.1, 0.15) is 19.8 Å². The second-order valence-corrected chi connectivity index (χ2v) is 3.17. The molecule has 2 aliphatic rings. The molecule has 0 bridgehead atoms. The molecule has 0 spiro atoms. The fraction of sp³-hybridized carbons (Fsp3) is 0.556. The molecule has 0 N–H and O–H groups in total. The smallest absolute Gasteiger partial charge is 0.0164 e. The van der Waals surface area contributed by atoms with Gasteiger partial charge in [0.15, 0.2) is 0 Å². The quantitative estimate of drug-likeness (QED) is 0.461. The molecule has 0 saturated heterocycles. The molecule has 1 fully saturated rings. The average molecular weight is 120 g/mol. The molecule has 0 aliphatic heterocycles. The van der Waals surface area contributed by atoms with Crippen LogP contribution in [0.4, 0.5) is 0 Å². The summed E-state index contributed by atoms with van der Waals surface area (Å²) in [4.78, 5) is 0. The maximum Gasteiger partial charge on any atom is -0.0164 e. The minimum Gasteiger partial charge on any atom is -0.0806 e. The second kappa shape index (κ2) is 1.73. The van der Waals surface area contributed by atoms with Gasteiger partial charge in [0.25, 0.3) is 0 Å². The Morgan fingerprint density at radius 1 is 1.33 bits per heavy atom. The molecule has 0 amide bonds. The average Bonchev–Trinajstić information content (AvgIpc) is 1.78. The highest BCUT2D eigenvalue weighted by atomic mass is 14.3. The van der Waals surface area contributed by atoms with Gasteiger partial charge in [-0.3, -0.25) is 0 Å². The highest BCUT2D eigenvalue weighted by molar-refractivity contribution is 5.25. The van der Waals surface area contributed by atoms with Crippen LogP contribution in [0.3, 0.4) is 0 Å². The predicted molar refractivity (Wildman–Crippen MR) is 39.1 cm³/mol. The summed E-state index contributed by atoms with van der Waals surface area (Å²) >= 11 is 0. The maximum absolute atomic E-state index is 2.41.